The molecule has 4 heteroatoms. The molecule has 0 N–H and O–H groups in total. The second-order valence-electron chi connectivity index (χ2n) is 10.7. The van der Waals surface area contributed by atoms with Crippen LogP contribution in [-0.2, 0) is 9.47 Å². The number of esters is 2. The second-order valence-corrected chi connectivity index (χ2v) is 10.7. The van der Waals surface area contributed by atoms with Gasteiger partial charge < -0.3 is 9.47 Å². The van der Waals surface area contributed by atoms with Crippen LogP contribution in [0.15, 0.2) is 18.2 Å². The van der Waals surface area contributed by atoms with Crippen LogP contribution in [0.3, 0.4) is 0 Å². The zero-order chi connectivity index (χ0) is 27.0. The van der Waals surface area contributed by atoms with Crippen molar-refractivity contribution in [3.05, 3.63) is 34.9 Å². The third-order valence-electron chi connectivity index (χ3n) is 7.08. The number of unbranched alkanes of at least 4 members (excludes halogenated alkanes) is 18. The summed E-state index contributed by atoms with van der Waals surface area (Å²) in [6.45, 7) is 7.21. The summed E-state index contributed by atoms with van der Waals surface area (Å²) in [7, 11) is 0. The van der Waals surface area contributed by atoms with Crippen LogP contribution in [0.1, 0.15) is 169 Å². The molecule has 0 spiro atoms. The second kappa shape index (κ2) is 23.3. The summed E-state index contributed by atoms with van der Waals surface area (Å²) in [6, 6.07) is 5.27. The van der Waals surface area contributed by atoms with Gasteiger partial charge in [0.1, 0.15) is 0 Å². The fraction of sp³-hybridized carbons (Fsp3) is 0.758. The molecule has 0 bridgehead atoms. The Hall–Kier alpha value is -1.84. The number of hydrogen-bond donors (Lipinski definition) is 0. The molecule has 0 unspecified atom stereocenters. The Balaban J connectivity index is 2.23. The Morgan fingerprint density at radius 3 is 1.27 bits per heavy atom. The first-order valence-electron chi connectivity index (χ1n) is 15.5. The van der Waals surface area contributed by atoms with Crippen LogP contribution in [-0.4, -0.2) is 25.2 Å². The molecule has 0 aliphatic heterocycles. The smallest absolute Gasteiger partial charge is 0.339 e. The van der Waals surface area contributed by atoms with Crippen LogP contribution < -0.4 is 0 Å². The fourth-order valence-electron chi connectivity index (χ4n) is 4.67. The van der Waals surface area contributed by atoms with E-state index in [1.807, 2.05) is 13.0 Å². The van der Waals surface area contributed by atoms with Gasteiger partial charge in [-0.2, -0.15) is 0 Å². The lowest BCUT2D eigenvalue weighted by Crippen LogP contribution is -2.15. The van der Waals surface area contributed by atoms with Crippen molar-refractivity contribution in [3.63, 3.8) is 0 Å². The van der Waals surface area contributed by atoms with E-state index in [0.29, 0.717) is 24.3 Å². The first kappa shape index (κ1) is 33.2. The third kappa shape index (κ3) is 17.3. The molecule has 0 saturated heterocycles. The van der Waals surface area contributed by atoms with Gasteiger partial charge in [0.2, 0.25) is 0 Å². The van der Waals surface area contributed by atoms with Gasteiger partial charge in [0, 0.05) is 0 Å². The Morgan fingerprint density at radius 1 is 0.514 bits per heavy atom. The molecule has 212 valence electrons. The number of benzene rings is 1. The van der Waals surface area contributed by atoms with Gasteiger partial charge in [-0.15, -0.1) is 0 Å². The topological polar surface area (TPSA) is 52.6 Å². The molecule has 0 amide bonds. The SMILES string of the molecule is CCCCCCCCCCCCOC(=O)c1ccc(C)cc1C(=O)OCCCCCCCCCCCC. The largest absolute Gasteiger partial charge is 0.462 e. The summed E-state index contributed by atoms with van der Waals surface area (Å²) in [6.07, 6.45) is 24.8. The van der Waals surface area contributed by atoms with E-state index in [1.165, 1.54) is 103 Å². The minimum absolute atomic E-state index is 0.311. The van der Waals surface area contributed by atoms with E-state index in [2.05, 4.69) is 13.8 Å². The van der Waals surface area contributed by atoms with Gasteiger partial charge >= 0.3 is 11.9 Å². The zero-order valence-electron chi connectivity index (χ0n) is 24.4. The highest BCUT2D eigenvalue weighted by Gasteiger charge is 2.19. The Labute approximate surface area is 228 Å². The summed E-state index contributed by atoms with van der Waals surface area (Å²) in [4.78, 5) is 25.4. The minimum Gasteiger partial charge on any atom is -0.462 e. The number of carbonyl (C=O) groups excluding carboxylic acids is 2. The summed E-state index contributed by atoms with van der Waals surface area (Å²) < 4.78 is 11.0. The molecule has 1 rings (SSSR count). The van der Waals surface area contributed by atoms with Gasteiger partial charge in [0.05, 0.1) is 24.3 Å². The molecule has 0 saturated carbocycles. The average molecular weight is 517 g/mol. The van der Waals surface area contributed by atoms with Gasteiger partial charge in [0.15, 0.2) is 0 Å². The molecule has 37 heavy (non-hydrogen) atoms. The molecule has 4 nitrogen and oxygen atoms in total. The van der Waals surface area contributed by atoms with Gasteiger partial charge in [-0.1, -0.05) is 141 Å². The van der Waals surface area contributed by atoms with Crippen LogP contribution in [0.2, 0.25) is 0 Å². The maximum absolute atomic E-state index is 12.7. The van der Waals surface area contributed by atoms with E-state index in [4.69, 9.17) is 9.47 Å². The molecular weight excluding hydrogens is 460 g/mol. The molecule has 0 aliphatic carbocycles. The van der Waals surface area contributed by atoms with Crippen molar-refractivity contribution >= 4 is 11.9 Å². The average Bonchev–Trinajstić information content (AvgIpc) is 2.90. The van der Waals surface area contributed by atoms with Crippen molar-refractivity contribution < 1.29 is 19.1 Å². The van der Waals surface area contributed by atoms with E-state index in [9.17, 15) is 9.59 Å². The number of hydrogen-bond acceptors (Lipinski definition) is 4. The van der Waals surface area contributed by atoms with Crippen molar-refractivity contribution in [1.82, 2.24) is 0 Å². The molecule has 0 atom stereocenters. The number of ether oxygens (including phenoxy) is 2. The van der Waals surface area contributed by atoms with Gasteiger partial charge in [-0.3, -0.25) is 0 Å². The van der Waals surface area contributed by atoms with Crippen LogP contribution in [0, 0.1) is 6.92 Å². The van der Waals surface area contributed by atoms with Crippen molar-refractivity contribution in [3.8, 4) is 0 Å². The summed E-state index contributed by atoms with van der Waals surface area (Å²) >= 11 is 0. The van der Waals surface area contributed by atoms with Gasteiger partial charge in [-0.05, 0) is 31.9 Å². The Morgan fingerprint density at radius 2 is 0.865 bits per heavy atom. The monoisotopic (exact) mass is 516 g/mol. The normalized spacial score (nSPS) is 11.0. The fourth-order valence-corrected chi connectivity index (χ4v) is 4.67. The van der Waals surface area contributed by atoms with Crippen LogP contribution in [0.25, 0.3) is 0 Å². The van der Waals surface area contributed by atoms with Crippen molar-refractivity contribution in [1.29, 1.82) is 0 Å². The summed E-state index contributed by atoms with van der Waals surface area (Å²) in [5.74, 6) is -0.854. The molecule has 1 aromatic rings. The summed E-state index contributed by atoms with van der Waals surface area (Å²) in [5, 5.41) is 0. The minimum atomic E-state index is -0.429. The summed E-state index contributed by atoms with van der Waals surface area (Å²) in [5.41, 5.74) is 1.56. The zero-order valence-corrected chi connectivity index (χ0v) is 24.4. The van der Waals surface area contributed by atoms with E-state index in [1.54, 1.807) is 12.1 Å². The Bertz CT molecular complexity index is 712. The molecule has 0 aliphatic rings. The molecular formula is C33H56O4. The quantitative estimate of drug-likeness (QED) is 0.101. The molecule has 0 radical (unpaired) electrons. The maximum atomic E-state index is 12.7. The highest BCUT2D eigenvalue weighted by atomic mass is 16.5. The van der Waals surface area contributed by atoms with Crippen molar-refractivity contribution in [2.24, 2.45) is 0 Å². The van der Waals surface area contributed by atoms with Crippen LogP contribution in [0.4, 0.5) is 0 Å². The lowest BCUT2D eigenvalue weighted by atomic mass is 10.0. The highest BCUT2D eigenvalue weighted by Crippen LogP contribution is 2.17. The number of carbonyl (C=O) groups is 2. The van der Waals surface area contributed by atoms with E-state index in [0.717, 1.165) is 31.2 Å². The lowest BCUT2D eigenvalue weighted by molar-refractivity contribution is 0.0450. The van der Waals surface area contributed by atoms with Crippen molar-refractivity contribution in [2.45, 2.75) is 149 Å². The predicted molar refractivity (Wildman–Crippen MR) is 155 cm³/mol. The molecule has 1 aromatic carbocycles. The van der Waals surface area contributed by atoms with Gasteiger partial charge in [-0.25, -0.2) is 9.59 Å². The maximum Gasteiger partial charge on any atom is 0.339 e. The lowest BCUT2D eigenvalue weighted by Gasteiger charge is -2.11. The van der Waals surface area contributed by atoms with Crippen LogP contribution in [0.5, 0.6) is 0 Å². The third-order valence-corrected chi connectivity index (χ3v) is 7.08. The van der Waals surface area contributed by atoms with E-state index in [-0.39, 0.29) is 0 Å². The number of aryl methyl sites for hydroxylation is 1. The molecule has 0 fully saturated rings. The standard InChI is InChI=1S/C33H56O4/c1-4-6-8-10-12-14-16-18-20-22-26-36-32(34)30-25-24-29(3)28-31(30)33(35)37-27-23-21-19-17-15-13-11-9-7-5-2/h24-25,28H,4-23,26-27H2,1-3H3. The Kier molecular flexibility index (Phi) is 20.9. The van der Waals surface area contributed by atoms with Gasteiger partial charge in [0.25, 0.3) is 0 Å². The predicted octanol–water partition coefficient (Wildman–Crippen LogP) is 10.2. The highest BCUT2D eigenvalue weighted by molar-refractivity contribution is 6.03. The number of rotatable bonds is 24. The van der Waals surface area contributed by atoms with E-state index >= 15 is 0 Å². The van der Waals surface area contributed by atoms with E-state index < -0.39 is 11.9 Å². The molecule has 0 heterocycles. The first-order valence-corrected chi connectivity index (χ1v) is 15.5. The molecule has 0 aromatic heterocycles. The first-order chi connectivity index (χ1) is 18.1. The van der Waals surface area contributed by atoms with Crippen LogP contribution >= 0.6 is 0 Å². The van der Waals surface area contributed by atoms with Crippen molar-refractivity contribution in [2.75, 3.05) is 13.2 Å².